The first-order chi connectivity index (χ1) is 6.52. The molecule has 0 spiro atoms. The highest BCUT2D eigenvalue weighted by Crippen LogP contribution is 2.08. The Bertz CT molecular complexity index is 183. The van der Waals surface area contributed by atoms with Crippen molar-refractivity contribution in [2.75, 3.05) is 20.6 Å². The molecule has 3 nitrogen and oxygen atoms in total. The summed E-state index contributed by atoms with van der Waals surface area (Å²) in [5.41, 5.74) is 0. The maximum atomic E-state index is 8.76. The molecule has 0 heterocycles. The lowest BCUT2D eigenvalue weighted by molar-refractivity contribution is 0.202. The van der Waals surface area contributed by atoms with Crippen molar-refractivity contribution in [1.82, 2.24) is 10.2 Å². The summed E-state index contributed by atoms with van der Waals surface area (Å²) in [4.78, 5) is 2.31. The molecule has 0 radical (unpaired) electrons. The first kappa shape index (κ1) is 13.4. The van der Waals surface area contributed by atoms with Gasteiger partial charge in [0.25, 0.3) is 0 Å². The summed E-state index contributed by atoms with van der Waals surface area (Å²) >= 11 is 0. The van der Waals surface area contributed by atoms with Gasteiger partial charge in [-0.2, -0.15) is 5.26 Å². The van der Waals surface area contributed by atoms with E-state index < -0.39 is 0 Å². The van der Waals surface area contributed by atoms with E-state index in [9.17, 15) is 0 Å². The molecular formula is C11H23N3. The van der Waals surface area contributed by atoms with Crippen molar-refractivity contribution in [1.29, 1.82) is 5.26 Å². The predicted molar refractivity (Wildman–Crippen MR) is 60.0 cm³/mol. The van der Waals surface area contributed by atoms with Crippen LogP contribution in [0.1, 0.15) is 27.2 Å². The van der Waals surface area contributed by atoms with Gasteiger partial charge in [-0.3, -0.25) is 0 Å². The molecule has 14 heavy (non-hydrogen) atoms. The molecule has 0 aromatic carbocycles. The molecule has 0 bridgehead atoms. The van der Waals surface area contributed by atoms with Crippen molar-refractivity contribution in [3.63, 3.8) is 0 Å². The van der Waals surface area contributed by atoms with E-state index >= 15 is 0 Å². The van der Waals surface area contributed by atoms with Gasteiger partial charge in [-0.05, 0) is 33.4 Å². The van der Waals surface area contributed by atoms with E-state index in [1.807, 2.05) is 7.05 Å². The van der Waals surface area contributed by atoms with Gasteiger partial charge in [-0.1, -0.05) is 13.8 Å². The summed E-state index contributed by atoms with van der Waals surface area (Å²) in [6, 6.07) is 2.80. The van der Waals surface area contributed by atoms with E-state index in [0.29, 0.717) is 12.0 Å². The van der Waals surface area contributed by atoms with Crippen LogP contribution in [-0.2, 0) is 0 Å². The van der Waals surface area contributed by atoms with E-state index in [0.717, 1.165) is 13.0 Å². The Morgan fingerprint density at radius 2 is 1.93 bits per heavy atom. The Labute approximate surface area is 88.1 Å². The fourth-order valence-electron chi connectivity index (χ4n) is 1.32. The molecule has 0 aromatic rings. The van der Waals surface area contributed by atoms with Crippen LogP contribution in [0.2, 0.25) is 0 Å². The first-order valence-electron chi connectivity index (χ1n) is 5.30. The number of nitrogens with one attached hydrogen (secondary N) is 1. The monoisotopic (exact) mass is 197 g/mol. The van der Waals surface area contributed by atoms with Crippen molar-refractivity contribution in [3.8, 4) is 6.07 Å². The van der Waals surface area contributed by atoms with Crippen molar-refractivity contribution >= 4 is 0 Å². The second kappa shape index (κ2) is 6.80. The average Bonchev–Trinajstić information content (AvgIpc) is 2.17. The van der Waals surface area contributed by atoms with Gasteiger partial charge in [0.1, 0.15) is 0 Å². The van der Waals surface area contributed by atoms with Crippen molar-refractivity contribution in [3.05, 3.63) is 0 Å². The molecule has 0 aliphatic rings. The maximum Gasteiger partial charge on any atom is 0.0962 e. The zero-order chi connectivity index (χ0) is 11.1. The van der Waals surface area contributed by atoms with Gasteiger partial charge in [0.15, 0.2) is 0 Å². The van der Waals surface area contributed by atoms with E-state index in [1.54, 1.807) is 0 Å². The van der Waals surface area contributed by atoms with Gasteiger partial charge in [0.05, 0.1) is 12.1 Å². The van der Waals surface area contributed by atoms with Crippen molar-refractivity contribution in [2.45, 2.75) is 39.3 Å². The standard InChI is InChI=1S/C11H23N3/c1-9(2)10(3)14(5)7-6-11(8-12)13-4/h9-11,13H,6-7H2,1-5H3. The zero-order valence-electron chi connectivity index (χ0n) is 10.0. The lowest BCUT2D eigenvalue weighted by Crippen LogP contribution is -2.37. The number of nitrogens with zero attached hydrogens (tertiary/aromatic N) is 2. The SMILES string of the molecule is CNC(C#N)CCN(C)C(C)C(C)C. The lowest BCUT2D eigenvalue weighted by atomic mass is 10.0. The van der Waals surface area contributed by atoms with Gasteiger partial charge in [-0.25, -0.2) is 0 Å². The molecule has 3 heteroatoms. The number of hydrogen-bond acceptors (Lipinski definition) is 3. The molecule has 0 rings (SSSR count). The number of nitriles is 1. The minimum Gasteiger partial charge on any atom is -0.305 e. The van der Waals surface area contributed by atoms with Crippen LogP contribution in [0, 0.1) is 17.2 Å². The second-order valence-electron chi connectivity index (χ2n) is 4.22. The Morgan fingerprint density at radius 3 is 2.29 bits per heavy atom. The lowest BCUT2D eigenvalue weighted by Gasteiger charge is -2.28. The third kappa shape index (κ3) is 4.59. The van der Waals surface area contributed by atoms with Crippen LogP contribution in [0.5, 0.6) is 0 Å². The van der Waals surface area contributed by atoms with Gasteiger partial charge < -0.3 is 10.2 Å². The molecule has 0 aromatic heterocycles. The summed E-state index contributed by atoms with van der Waals surface area (Å²) in [6.45, 7) is 7.64. The molecule has 0 saturated heterocycles. The van der Waals surface area contributed by atoms with Crippen molar-refractivity contribution in [2.24, 2.45) is 5.92 Å². The minimum absolute atomic E-state index is 0.0168. The first-order valence-corrected chi connectivity index (χ1v) is 5.30. The largest absolute Gasteiger partial charge is 0.305 e. The normalized spacial score (nSPS) is 15.6. The minimum atomic E-state index is -0.0168. The Hall–Kier alpha value is -0.590. The van der Waals surface area contributed by atoms with Crippen LogP contribution in [0.15, 0.2) is 0 Å². The van der Waals surface area contributed by atoms with Crippen LogP contribution >= 0.6 is 0 Å². The molecular weight excluding hydrogens is 174 g/mol. The number of rotatable bonds is 6. The third-order valence-electron chi connectivity index (χ3n) is 2.93. The quantitative estimate of drug-likeness (QED) is 0.701. The zero-order valence-corrected chi connectivity index (χ0v) is 10.0. The fourth-order valence-corrected chi connectivity index (χ4v) is 1.32. The van der Waals surface area contributed by atoms with Gasteiger partial charge in [0.2, 0.25) is 0 Å². The number of hydrogen-bond donors (Lipinski definition) is 1. The Kier molecular flexibility index (Phi) is 6.52. The summed E-state index contributed by atoms with van der Waals surface area (Å²) in [7, 11) is 3.95. The van der Waals surface area contributed by atoms with E-state index in [4.69, 9.17) is 5.26 Å². The summed E-state index contributed by atoms with van der Waals surface area (Å²) in [6.07, 6.45) is 0.889. The highest BCUT2D eigenvalue weighted by Gasteiger charge is 2.14. The van der Waals surface area contributed by atoms with Crippen LogP contribution in [-0.4, -0.2) is 37.6 Å². The third-order valence-corrected chi connectivity index (χ3v) is 2.93. The van der Waals surface area contributed by atoms with Crippen LogP contribution in [0.25, 0.3) is 0 Å². The smallest absolute Gasteiger partial charge is 0.0962 e. The predicted octanol–water partition coefficient (Wildman–Crippen LogP) is 1.46. The summed E-state index contributed by atoms with van der Waals surface area (Å²) in [5, 5.41) is 11.7. The van der Waals surface area contributed by atoms with E-state index in [2.05, 4.69) is 44.1 Å². The Morgan fingerprint density at radius 1 is 1.36 bits per heavy atom. The molecule has 2 unspecified atom stereocenters. The fraction of sp³-hybridized carbons (Fsp3) is 0.909. The van der Waals surface area contributed by atoms with Crippen LogP contribution in [0.4, 0.5) is 0 Å². The van der Waals surface area contributed by atoms with Gasteiger partial charge in [-0.15, -0.1) is 0 Å². The summed E-state index contributed by atoms with van der Waals surface area (Å²) < 4.78 is 0. The molecule has 1 N–H and O–H groups in total. The average molecular weight is 197 g/mol. The van der Waals surface area contributed by atoms with E-state index in [-0.39, 0.29) is 6.04 Å². The summed E-state index contributed by atoms with van der Waals surface area (Å²) in [5.74, 6) is 0.662. The van der Waals surface area contributed by atoms with Crippen LogP contribution in [0.3, 0.4) is 0 Å². The topological polar surface area (TPSA) is 39.1 Å². The van der Waals surface area contributed by atoms with Gasteiger partial charge in [0, 0.05) is 12.6 Å². The van der Waals surface area contributed by atoms with Crippen molar-refractivity contribution < 1.29 is 0 Å². The van der Waals surface area contributed by atoms with Gasteiger partial charge >= 0.3 is 0 Å². The Balaban J connectivity index is 3.84. The molecule has 0 amide bonds. The molecule has 0 fully saturated rings. The second-order valence-corrected chi connectivity index (χ2v) is 4.22. The van der Waals surface area contributed by atoms with Crippen LogP contribution < -0.4 is 5.32 Å². The highest BCUT2D eigenvalue weighted by atomic mass is 15.1. The molecule has 82 valence electrons. The molecule has 0 saturated carbocycles. The maximum absolute atomic E-state index is 8.76. The molecule has 0 aliphatic heterocycles. The highest BCUT2D eigenvalue weighted by molar-refractivity contribution is 4.89. The van der Waals surface area contributed by atoms with E-state index in [1.165, 1.54) is 0 Å². The molecule has 2 atom stereocenters. The molecule has 0 aliphatic carbocycles.